The van der Waals surface area contributed by atoms with Crippen molar-refractivity contribution in [3.8, 4) is 0 Å². The lowest BCUT2D eigenvalue weighted by Crippen LogP contribution is -2.45. The van der Waals surface area contributed by atoms with Crippen LogP contribution in [0.1, 0.15) is 181 Å². The average Bonchev–Trinajstić information content (AvgIpc) is 3.06. The summed E-state index contributed by atoms with van der Waals surface area (Å²) in [6.07, 6.45) is 51.7. The average molecular weight is 642 g/mol. The van der Waals surface area contributed by atoms with Gasteiger partial charge < -0.3 is 15.5 Å². The molecule has 0 aliphatic rings. The molecule has 2 atom stereocenters. The zero-order valence-corrected chi connectivity index (χ0v) is 30.3. The van der Waals surface area contributed by atoms with E-state index in [1.165, 1.54) is 109 Å². The lowest BCUT2D eigenvalue weighted by atomic mass is 10.0. The van der Waals surface area contributed by atoms with Crippen molar-refractivity contribution in [1.29, 1.82) is 0 Å². The molecule has 3 N–H and O–H groups in total. The molecule has 0 heterocycles. The normalized spacial score (nSPS) is 13.7. The van der Waals surface area contributed by atoms with Crippen LogP contribution >= 0.6 is 0 Å². The number of aliphatic hydroxyl groups is 2. The summed E-state index contributed by atoms with van der Waals surface area (Å²) in [7, 11) is 0. The third-order valence-electron chi connectivity index (χ3n) is 8.46. The van der Waals surface area contributed by atoms with Crippen molar-refractivity contribution in [2.45, 2.75) is 193 Å². The van der Waals surface area contributed by atoms with Crippen LogP contribution in [-0.2, 0) is 4.79 Å². The van der Waals surface area contributed by atoms with Gasteiger partial charge in [0.15, 0.2) is 0 Å². The first-order valence-electron chi connectivity index (χ1n) is 19.5. The van der Waals surface area contributed by atoms with E-state index < -0.39 is 12.1 Å². The third kappa shape index (κ3) is 33.5. The number of hydrogen-bond donors (Lipinski definition) is 3. The Morgan fingerprint density at radius 1 is 0.543 bits per heavy atom. The molecule has 4 nitrogen and oxygen atoms in total. The Bertz CT molecular complexity index is 782. The van der Waals surface area contributed by atoms with Crippen LogP contribution in [0, 0.1) is 0 Å². The Morgan fingerprint density at radius 2 is 0.978 bits per heavy atom. The fraction of sp³-hybridized carbons (Fsp3) is 0.738. The van der Waals surface area contributed by atoms with Crippen molar-refractivity contribution < 1.29 is 15.0 Å². The zero-order chi connectivity index (χ0) is 33.6. The molecule has 0 spiro atoms. The molecule has 0 saturated heterocycles. The molecule has 0 fully saturated rings. The summed E-state index contributed by atoms with van der Waals surface area (Å²) < 4.78 is 0. The minimum atomic E-state index is -0.869. The van der Waals surface area contributed by atoms with Crippen molar-refractivity contribution in [3.63, 3.8) is 0 Å². The molecule has 4 heteroatoms. The summed E-state index contributed by atoms with van der Waals surface area (Å²) in [6, 6.07) is -0.645. The highest BCUT2D eigenvalue weighted by Gasteiger charge is 2.17. The van der Waals surface area contributed by atoms with Gasteiger partial charge in [-0.05, 0) is 70.6 Å². The predicted molar refractivity (Wildman–Crippen MR) is 202 cm³/mol. The second-order valence-electron chi connectivity index (χ2n) is 12.9. The van der Waals surface area contributed by atoms with E-state index in [1.807, 2.05) is 6.08 Å². The number of carbonyl (C=O) groups is 1. The quantitative estimate of drug-likeness (QED) is 0.0483. The van der Waals surface area contributed by atoms with E-state index in [1.54, 1.807) is 6.08 Å². The van der Waals surface area contributed by atoms with Crippen molar-refractivity contribution in [2.75, 3.05) is 6.61 Å². The fourth-order valence-electron chi connectivity index (χ4n) is 5.48. The Kier molecular flexibility index (Phi) is 36.0. The standard InChI is InChI=1S/C42H75NO3/c1-3-5-7-9-11-13-15-17-18-19-20-21-22-23-24-26-28-30-32-34-36-38-42(46)43-40(39-44)41(45)37-35-33-31-29-27-25-16-14-12-10-8-6-4-2/h5,7,11-14,27,29,35,37,40-41,44-45H,3-4,6,8-10,15-26,28,30-34,36,38-39H2,1-2H3,(H,43,46)/b7-5-,13-11-,14-12+,29-27+,37-35+. The van der Waals surface area contributed by atoms with Crippen LogP contribution in [0.2, 0.25) is 0 Å². The Hall–Kier alpha value is -1.91. The lowest BCUT2D eigenvalue weighted by molar-refractivity contribution is -0.123. The van der Waals surface area contributed by atoms with E-state index in [0.29, 0.717) is 6.42 Å². The van der Waals surface area contributed by atoms with Crippen LogP contribution in [0.5, 0.6) is 0 Å². The van der Waals surface area contributed by atoms with Gasteiger partial charge in [0.1, 0.15) is 0 Å². The highest BCUT2D eigenvalue weighted by molar-refractivity contribution is 5.76. The van der Waals surface area contributed by atoms with Gasteiger partial charge in [-0.25, -0.2) is 0 Å². The monoisotopic (exact) mass is 642 g/mol. The molecule has 0 aliphatic heterocycles. The van der Waals surface area contributed by atoms with Crippen LogP contribution < -0.4 is 5.32 Å². The van der Waals surface area contributed by atoms with Gasteiger partial charge in [0.05, 0.1) is 18.8 Å². The first kappa shape index (κ1) is 44.1. The largest absolute Gasteiger partial charge is 0.394 e. The summed E-state index contributed by atoms with van der Waals surface area (Å²) in [4.78, 5) is 12.3. The van der Waals surface area contributed by atoms with Crippen molar-refractivity contribution in [1.82, 2.24) is 5.32 Å². The summed E-state index contributed by atoms with van der Waals surface area (Å²) >= 11 is 0. The van der Waals surface area contributed by atoms with E-state index in [0.717, 1.165) is 51.4 Å². The van der Waals surface area contributed by atoms with E-state index in [-0.39, 0.29) is 12.5 Å². The van der Waals surface area contributed by atoms with Crippen LogP contribution in [0.25, 0.3) is 0 Å². The maximum atomic E-state index is 12.3. The number of nitrogens with one attached hydrogen (secondary N) is 1. The zero-order valence-electron chi connectivity index (χ0n) is 30.3. The maximum absolute atomic E-state index is 12.3. The molecule has 1 amide bonds. The van der Waals surface area contributed by atoms with Gasteiger partial charge >= 0.3 is 0 Å². The van der Waals surface area contributed by atoms with E-state index >= 15 is 0 Å². The minimum Gasteiger partial charge on any atom is -0.394 e. The molecule has 46 heavy (non-hydrogen) atoms. The number of amides is 1. The van der Waals surface area contributed by atoms with Gasteiger partial charge in [-0.3, -0.25) is 4.79 Å². The molecular weight excluding hydrogens is 566 g/mol. The Labute approximate surface area is 286 Å². The lowest BCUT2D eigenvalue weighted by Gasteiger charge is -2.19. The molecule has 0 aromatic rings. The predicted octanol–water partition coefficient (Wildman–Crippen LogP) is 11.8. The Morgan fingerprint density at radius 3 is 1.50 bits per heavy atom. The molecule has 0 aromatic carbocycles. The molecule has 0 bridgehead atoms. The summed E-state index contributed by atoms with van der Waals surface area (Å²) in [5.74, 6) is -0.0823. The summed E-state index contributed by atoms with van der Waals surface area (Å²) in [6.45, 7) is 4.15. The number of hydrogen-bond acceptors (Lipinski definition) is 3. The van der Waals surface area contributed by atoms with Crippen LogP contribution in [0.15, 0.2) is 60.8 Å². The number of unbranched alkanes of at least 4 members (excludes halogenated alkanes) is 19. The van der Waals surface area contributed by atoms with Crippen LogP contribution in [-0.4, -0.2) is 34.9 Å². The van der Waals surface area contributed by atoms with Crippen molar-refractivity contribution in [2.24, 2.45) is 0 Å². The van der Waals surface area contributed by atoms with Crippen LogP contribution in [0.4, 0.5) is 0 Å². The van der Waals surface area contributed by atoms with E-state index in [4.69, 9.17) is 0 Å². The summed E-state index contributed by atoms with van der Waals surface area (Å²) in [5, 5.41) is 22.9. The van der Waals surface area contributed by atoms with Crippen molar-refractivity contribution in [3.05, 3.63) is 60.8 Å². The molecule has 0 saturated carbocycles. The third-order valence-corrected chi connectivity index (χ3v) is 8.46. The number of rotatable bonds is 34. The highest BCUT2D eigenvalue weighted by atomic mass is 16.3. The minimum absolute atomic E-state index is 0.0823. The van der Waals surface area contributed by atoms with Gasteiger partial charge in [-0.15, -0.1) is 0 Å². The van der Waals surface area contributed by atoms with Gasteiger partial charge in [0, 0.05) is 6.42 Å². The summed E-state index contributed by atoms with van der Waals surface area (Å²) in [5.41, 5.74) is 0. The molecule has 266 valence electrons. The molecule has 0 aliphatic carbocycles. The first-order valence-corrected chi connectivity index (χ1v) is 19.5. The molecular formula is C42H75NO3. The topological polar surface area (TPSA) is 69.6 Å². The van der Waals surface area contributed by atoms with E-state index in [2.05, 4.69) is 67.8 Å². The highest BCUT2D eigenvalue weighted by Crippen LogP contribution is 2.14. The van der Waals surface area contributed by atoms with Crippen LogP contribution in [0.3, 0.4) is 0 Å². The molecule has 0 aromatic heterocycles. The van der Waals surface area contributed by atoms with Gasteiger partial charge in [-0.2, -0.15) is 0 Å². The second-order valence-corrected chi connectivity index (χ2v) is 12.9. The SMILES string of the molecule is CC/C=C\C/C=C\CCCCCCCCCCCCCCCCC(=O)NC(CO)C(O)/C=C/CC/C=C/CC/C=C/CCCCC. The van der Waals surface area contributed by atoms with Gasteiger partial charge in [0.25, 0.3) is 0 Å². The van der Waals surface area contributed by atoms with Gasteiger partial charge in [-0.1, -0.05) is 164 Å². The second kappa shape index (κ2) is 37.5. The maximum Gasteiger partial charge on any atom is 0.220 e. The number of aliphatic hydroxyl groups excluding tert-OH is 2. The van der Waals surface area contributed by atoms with E-state index in [9.17, 15) is 15.0 Å². The molecule has 0 rings (SSSR count). The molecule has 0 radical (unpaired) electrons. The Balaban J connectivity index is 3.62. The first-order chi connectivity index (χ1) is 22.7. The fourth-order valence-corrected chi connectivity index (χ4v) is 5.48. The van der Waals surface area contributed by atoms with Gasteiger partial charge in [0.2, 0.25) is 5.91 Å². The molecule has 2 unspecified atom stereocenters. The van der Waals surface area contributed by atoms with Crippen molar-refractivity contribution >= 4 is 5.91 Å². The smallest absolute Gasteiger partial charge is 0.220 e. The number of allylic oxidation sites excluding steroid dienone is 9. The number of carbonyl (C=O) groups excluding carboxylic acids is 1.